The predicted molar refractivity (Wildman–Crippen MR) is 137 cm³/mol. The monoisotopic (exact) mass is 592 g/mol. The number of nitrogens with two attached hydrogens (primary N) is 1. The van der Waals surface area contributed by atoms with E-state index in [-0.39, 0.29) is 22.1 Å². The van der Waals surface area contributed by atoms with Gasteiger partial charge >= 0.3 is 0 Å². The van der Waals surface area contributed by atoms with Gasteiger partial charge in [0.2, 0.25) is 15.9 Å². The number of sulfonamides is 1. The Morgan fingerprint density at radius 3 is 2.42 bits per heavy atom. The zero-order valence-electron chi connectivity index (χ0n) is 16.9. The van der Waals surface area contributed by atoms with E-state index in [4.69, 9.17) is 5.14 Å². The molecule has 33 heavy (non-hydrogen) atoms. The summed E-state index contributed by atoms with van der Waals surface area (Å²) in [5, 5.41) is 8.70. The van der Waals surface area contributed by atoms with E-state index in [1.54, 1.807) is 24.3 Å². The lowest BCUT2D eigenvalue weighted by Crippen LogP contribution is -2.23. The number of carbonyl (C=O) groups is 1. The molecule has 3 aromatic carbocycles. The van der Waals surface area contributed by atoms with E-state index in [9.17, 15) is 18.0 Å². The van der Waals surface area contributed by atoms with E-state index in [1.165, 1.54) is 28.8 Å². The zero-order valence-corrected chi connectivity index (χ0v) is 20.7. The number of rotatable bonds is 6. The van der Waals surface area contributed by atoms with Crippen LogP contribution < -0.4 is 16.0 Å². The van der Waals surface area contributed by atoms with Gasteiger partial charge in [0.1, 0.15) is 0 Å². The molecule has 1 heterocycles. The highest BCUT2D eigenvalue weighted by Crippen LogP contribution is 2.23. The van der Waals surface area contributed by atoms with Crippen molar-refractivity contribution >= 4 is 66.9 Å². The minimum absolute atomic E-state index is 0.0203. The molecule has 0 radical (unpaired) electrons. The zero-order chi connectivity index (χ0) is 23.6. The van der Waals surface area contributed by atoms with Crippen molar-refractivity contribution in [1.82, 2.24) is 9.55 Å². The number of nitrogens with one attached hydrogen (secondary N) is 1. The van der Waals surface area contributed by atoms with Gasteiger partial charge in [-0.3, -0.25) is 14.2 Å². The fraction of sp³-hybridized carbons (Fsp3) is 0.0455. The molecular weight excluding hydrogens is 575 g/mol. The maximum absolute atomic E-state index is 13.4. The maximum atomic E-state index is 13.4. The molecule has 0 aliphatic heterocycles. The van der Waals surface area contributed by atoms with Gasteiger partial charge in [-0.25, -0.2) is 18.5 Å². The number of primary sulfonamides is 1. The van der Waals surface area contributed by atoms with Gasteiger partial charge in [0.05, 0.1) is 27.2 Å². The first-order valence-electron chi connectivity index (χ1n) is 9.55. The number of nitrogens with zero attached hydrogens (tertiary/aromatic N) is 2. The molecule has 11 heteroatoms. The van der Waals surface area contributed by atoms with Gasteiger partial charge < -0.3 is 5.32 Å². The topological polar surface area (TPSA) is 124 Å². The summed E-state index contributed by atoms with van der Waals surface area (Å²) in [6.45, 7) is 0. The first-order chi connectivity index (χ1) is 15.7. The fourth-order valence-corrected chi connectivity index (χ4v) is 4.91. The highest BCUT2D eigenvalue weighted by Gasteiger charge is 2.16. The van der Waals surface area contributed by atoms with Crippen LogP contribution in [0.5, 0.6) is 0 Å². The van der Waals surface area contributed by atoms with E-state index in [0.29, 0.717) is 27.4 Å². The number of benzene rings is 3. The predicted octanol–water partition coefficient (Wildman–Crippen LogP) is 3.37. The lowest BCUT2D eigenvalue weighted by atomic mass is 10.2. The highest BCUT2D eigenvalue weighted by molar-refractivity contribution is 14.1. The van der Waals surface area contributed by atoms with Gasteiger partial charge in [-0.05, 0) is 77.2 Å². The molecular formula is C22H17IN4O4S2. The summed E-state index contributed by atoms with van der Waals surface area (Å²) in [5.74, 6) is -0.230. The highest BCUT2D eigenvalue weighted by atomic mass is 127. The number of halogens is 1. The molecule has 168 valence electrons. The average molecular weight is 592 g/mol. The lowest BCUT2D eigenvalue weighted by molar-refractivity contribution is -0.113. The van der Waals surface area contributed by atoms with Crippen molar-refractivity contribution in [2.45, 2.75) is 10.1 Å². The van der Waals surface area contributed by atoms with E-state index in [0.717, 1.165) is 15.3 Å². The number of para-hydroxylation sites is 1. The van der Waals surface area contributed by atoms with Crippen LogP contribution in [0.25, 0.3) is 16.6 Å². The van der Waals surface area contributed by atoms with Crippen LogP contribution in [0.2, 0.25) is 0 Å². The number of carbonyl (C=O) groups excluding carboxylic acids is 1. The van der Waals surface area contributed by atoms with Crippen molar-refractivity contribution in [2.75, 3.05) is 11.1 Å². The van der Waals surface area contributed by atoms with Crippen LogP contribution >= 0.6 is 34.4 Å². The molecule has 0 atom stereocenters. The largest absolute Gasteiger partial charge is 0.325 e. The molecule has 0 aliphatic rings. The molecule has 0 aliphatic carbocycles. The number of hydrogen-bond donors (Lipinski definition) is 2. The molecule has 0 bridgehead atoms. The van der Waals surface area contributed by atoms with Crippen LogP contribution in [0.15, 0.2) is 87.6 Å². The van der Waals surface area contributed by atoms with Crippen molar-refractivity contribution in [2.24, 2.45) is 5.14 Å². The van der Waals surface area contributed by atoms with Crippen LogP contribution in [-0.2, 0) is 14.8 Å². The Hall–Kier alpha value is -2.74. The van der Waals surface area contributed by atoms with Gasteiger partial charge in [-0.2, -0.15) is 0 Å². The van der Waals surface area contributed by atoms with Gasteiger partial charge in [-0.15, -0.1) is 0 Å². The molecule has 0 fully saturated rings. The molecule has 0 spiro atoms. The van der Waals surface area contributed by atoms with Crippen molar-refractivity contribution in [3.05, 3.63) is 86.7 Å². The van der Waals surface area contributed by atoms with Crippen molar-refractivity contribution in [3.8, 4) is 5.69 Å². The molecule has 1 amide bonds. The Kier molecular flexibility index (Phi) is 6.83. The van der Waals surface area contributed by atoms with Crippen LogP contribution in [-0.4, -0.2) is 29.6 Å². The second-order valence-electron chi connectivity index (χ2n) is 6.94. The van der Waals surface area contributed by atoms with E-state index in [2.05, 4.69) is 32.9 Å². The molecule has 8 nitrogen and oxygen atoms in total. The third kappa shape index (κ3) is 5.43. The van der Waals surface area contributed by atoms with Gasteiger partial charge in [0, 0.05) is 9.26 Å². The number of thioether (sulfide) groups is 1. The summed E-state index contributed by atoms with van der Waals surface area (Å²) < 4.78 is 25.4. The van der Waals surface area contributed by atoms with Crippen LogP contribution in [0.4, 0.5) is 5.69 Å². The average Bonchev–Trinajstić information content (AvgIpc) is 2.78. The summed E-state index contributed by atoms with van der Waals surface area (Å²) in [7, 11) is -3.88. The molecule has 3 N–H and O–H groups in total. The third-order valence-corrected chi connectivity index (χ3v) is 7.15. The molecule has 0 saturated heterocycles. The lowest BCUT2D eigenvalue weighted by Gasteiger charge is -2.14. The van der Waals surface area contributed by atoms with E-state index >= 15 is 0 Å². The minimum atomic E-state index is -3.88. The molecule has 4 aromatic rings. The summed E-state index contributed by atoms with van der Waals surface area (Å²) in [6.07, 6.45) is 0. The normalized spacial score (nSPS) is 11.5. The maximum Gasteiger partial charge on any atom is 0.266 e. The smallest absolute Gasteiger partial charge is 0.266 e. The first-order valence-corrected chi connectivity index (χ1v) is 13.2. The number of amides is 1. The first kappa shape index (κ1) is 23.4. The number of aromatic nitrogens is 2. The summed E-state index contributed by atoms with van der Waals surface area (Å²) in [4.78, 5) is 30.4. The van der Waals surface area contributed by atoms with E-state index in [1.807, 2.05) is 24.3 Å². The summed E-state index contributed by atoms with van der Waals surface area (Å²) in [5.41, 5.74) is 1.25. The summed E-state index contributed by atoms with van der Waals surface area (Å²) >= 11 is 3.22. The molecule has 4 rings (SSSR count). The summed E-state index contributed by atoms with van der Waals surface area (Å²) in [6, 6.07) is 20.0. The fourth-order valence-electron chi connectivity index (χ4n) is 3.10. The second kappa shape index (κ2) is 9.63. The standard InChI is InChI=1S/C22H17IN4O4S2/c23-14-6-11-19-18(12-14)21(29)27(16-7-9-17(10-8-16)33(24,30)31)22(26-19)32-13-20(28)25-15-4-2-1-3-5-15/h1-12H,13H2,(H,25,28)(H2,24,30,31). The Balaban J connectivity index is 1.73. The third-order valence-electron chi connectivity index (χ3n) is 4.61. The Morgan fingerprint density at radius 1 is 1.06 bits per heavy atom. The number of fused-ring (bicyclic) bond motifs is 1. The Labute approximate surface area is 207 Å². The molecule has 1 aromatic heterocycles. The Morgan fingerprint density at radius 2 is 1.76 bits per heavy atom. The van der Waals surface area contributed by atoms with Gasteiger partial charge in [-0.1, -0.05) is 30.0 Å². The van der Waals surface area contributed by atoms with Crippen LogP contribution in [0.3, 0.4) is 0 Å². The van der Waals surface area contributed by atoms with Crippen molar-refractivity contribution < 1.29 is 13.2 Å². The number of anilines is 1. The number of hydrogen-bond acceptors (Lipinski definition) is 6. The quantitative estimate of drug-likeness (QED) is 0.201. The van der Waals surface area contributed by atoms with Gasteiger partial charge in [0.15, 0.2) is 5.16 Å². The van der Waals surface area contributed by atoms with Gasteiger partial charge in [0.25, 0.3) is 5.56 Å². The second-order valence-corrected chi connectivity index (χ2v) is 10.7. The van der Waals surface area contributed by atoms with Crippen LogP contribution in [0, 0.1) is 3.57 Å². The SMILES string of the molecule is NS(=O)(=O)c1ccc(-n2c(SCC(=O)Nc3ccccc3)nc3ccc(I)cc3c2=O)cc1. The van der Waals surface area contributed by atoms with Crippen LogP contribution in [0.1, 0.15) is 0 Å². The Bertz CT molecular complexity index is 1510. The molecule has 0 saturated carbocycles. The minimum Gasteiger partial charge on any atom is -0.325 e. The molecule has 0 unspecified atom stereocenters. The van der Waals surface area contributed by atoms with Crippen molar-refractivity contribution in [3.63, 3.8) is 0 Å². The van der Waals surface area contributed by atoms with E-state index < -0.39 is 10.0 Å². The van der Waals surface area contributed by atoms with Crippen molar-refractivity contribution in [1.29, 1.82) is 0 Å².